The highest BCUT2D eigenvalue weighted by molar-refractivity contribution is 7.01. The van der Waals surface area contributed by atoms with E-state index in [0.29, 0.717) is 11.1 Å². The van der Waals surface area contributed by atoms with E-state index in [9.17, 15) is 0 Å². The zero-order valence-corrected chi connectivity index (χ0v) is 18.9. The fourth-order valence-electron chi connectivity index (χ4n) is 5.28. The van der Waals surface area contributed by atoms with E-state index >= 15 is 0 Å². The minimum absolute atomic E-state index is 0.679. The van der Waals surface area contributed by atoms with Gasteiger partial charge in [-0.15, -0.1) is 26.3 Å². The Balaban J connectivity index is 1.86. The highest BCUT2D eigenvalue weighted by Gasteiger charge is 2.44. The van der Waals surface area contributed by atoms with Gasteiger partial charge in [-0.25, -0.2) is 0 Å². The van der Waals surface area contributed by atoms with Crippen LogP contribution in [0.3, 0.4) is 0 Å². The summed E-state index contributed by atoms with van der Waals surface area (Å²) in [5, 5.41) is 2.89. The van der Waals surface area contributed by atoms with E-state index in [0.717, 1.165) is 0 Å². The van der Waals surface area contributed by atoms with Gasteiger partial charge in [-0.1, -0.05) is 120 Å². The first kappa shape index (κ1) is 20.6. The first-order valence-electron chi connectivity index (χ1n) is 10.3. The van der Waals surface area contributed by atoms with Crippen molar-refractivity contribution < 1.29 is 0 Å². The molecule has 1 aliphatic carbocycles. The Hall–Kier alpha value is -2.17. The van der Waals surface area contributed by atoms with Gasteiger partial charge in [-0.2, -0.15) is 0 Å². The first-order chi connectivity index (χ1) is 13.7. The Morgan fingerprint density at radius 1 is 0.536 bits per heavy atom. The molecule has 0 saturated heterocycles. The Labute approximate surface area is 173 Å². The Kier molecular flexibility index (Phi) is 6.53. The predicted molar refractivity (Wildman–Crippen MR) is 130 cm³/mol. The molecule has 0 nitrogen and oxygen atoms in total. The maximum Gasteiger partial charge on any atom is 0.135 e. The molecule has 28 heavy (non-hydrogen) atoms. The molecule has 0 aromatic heterocycles. The molecule has 0 atom stereocenters. The van der Waals surface area contributed by atoms with Crippen LogP contribution >= 0.6 is 0 Å². The molecule has 144 valence electrons. The summed E-state index contributed by atoms with van der Waals surface area (Å²) >= 11 is 0. The summed E-state index contributed by atoms with van der Waals surface area (Å²) in [6.45, 7) is 17.1. The highest BCUT2D eigenvalue weighted by atomic mass is 28.3. The smallest absolute Gasteiger partial charge is 0.106 e. The molecule has 0 amide bonds. The molecule has 0 unspecified atom stereocenters. The van der Waals surface area contributed by atoms with E-state index in [1.807, 2.05) is 0 Å². The number of hydrogen-bond donors (Lipinski definition) is 0. The number of rotatable bonds is 8. The van der Waals surface area contributed by atoms with Crippen molar-refractivity contribution in [3.63, 3.8) is 0 Å². The summed E-state index contributed by atoms with van der Waals surface area (Å²) in [5.74, 6) is 0. The van der Waals surface area contributed by atoms with Crippen molar-refractivity contribution in [2.75, 3.05) is 0 Å². The average molecular weight is 401 g/mol. The average Bonchev–Trinajstić information content (AvgIpc) is 2.79. The van der Waals surface area contributed by atoms with Crippen molar-refractivity contribution >= 4 is 26.5 Å². The van der Waals surface area contributed by atoms with Crippen LogP contribution in [0.25, 0.3) is 0 Å². The molecule has 3 rings (SSSR count). The lowest BCUT2D eigenvalue weighted by Crippen LogP contribution is -2.53. The van der Waals surface area contributed by atoms with Crippen LogP contribution in [-0.4, -0.2) is 16.1 Å². The maximum absolute atomic E-state index is 4.27. The lowest BCUT2D eigenvalue weighted by atomic mass is 9.99. The third-order valence-electron chi connectivity index (χ3n) is 6.98. The van der Waals surface area contributed by atoms with Gasteiger partial charge >= 0.3 is 0 Å². The lowest BCUT2D eigenvalue weighted by molar-refractivity contribution is 0.489. The van der Waals surface area contributed by atoms with Crippen LogP contribution in [0.15, 0.2) is 110 Å². The van der Waals surface area contributed by atoms with Crippen molar-refractivity contribution in [1.29, 1.82) is 0 Å². The summed E-state index contributed by atoms with van der Waals surface area (Å²) in [4.78, 5) is 0. The fraction of sp³-hybridized carbons (Fsp3) is 0.231. The standard InChI is InChI=1S/C26H32Si2/c1-5-27(6-2,23-15-11-9-12-16-23)25-19-21-26(22-20-25)28(7-3,8-4)24-17-13-10-14-18-24/h5-18,25-26H,1-4,19-22H2. The predicted octanol–water partition coefficient (Wildman–Crippen LogP) is 5.91. The molecular formula is C26H32Si2. The van der Waals surface area contributed by atoms with Crippen molar-refractivity contribution in [2.24, 2.45) is 0 Å². The summed E-state index contributed by atoms with van der Waals surface area (Å²) in [6.07, 6.45) is 4.97. The van der Waals surface area contributed by atoms with Crippen LogP contribution in [0.1, 0.15) is 25.7 Å². The van der Waals surface area contributed by atoms with Gasteiger partial charge in [0.1, 0.15) is 16.1 Å². The molecule has 0 N–H and O–H groups in total. The second kappa shape index (κ2) is 8.89. The van der Waals surface area contributed by atoms with Gasteiger partial charge in [0.15, 0.2) is 0 Å². The maximum atomic E-state index is 4.27. The normalized spacial score (nSPS) is 20.1. The lowest BCUT2D eigenvalue weighted by Gasteiger charge is -2.43. The molecular weight excluding hydrogens is 368 g/mol. The molecule has 2 aromatic rings. The molecule has 1 fully saturated rings. The van der Waals surface area contributed by atoms with Crippen LogP contribution in [0, 0.1) is 0 Å². The second-order valence-electron chi connectivity index (χ2n) is 7.96. The van der Waals surface area contributed by atoms with E-state index < -0.39 is 16.1 Å². The SMILES string of the molecule is C=C[Si](C=C)(c1ccccc1)C1CCC([Si](C=C)(C=C)c2ccccc2)CC1. The third kappa shape index (κ3) is 3.47. The Bertz CT molecular complexity index is 727. The van der Waals surface area contributed by atoms with E-state index in [4.69, 9.17) is 0 Å². The van der Waals surface area contributed by atoms with Gasteiger partial charge in [0.05, 0.1) is 0 Å². The minimum Gasteiger partial charge on any atom is -0.106 e. The van der Waals surface area contributed by atoms with Gasteiger partial charge in [0, 0.05) is 0 Å². The molecule has 0 heterocycles. The monoisotopic (exact) mass is 400 g/mol. The van der Waals surface area contributed by atoms with Crippen LogP contribution in [0.5, 0.6) is 0 Å². The van der Waals surface area contributed by atoms with Crippen LogP contribution in [0.4, 0.5) is 0 Å². The van der Waals surface area contributed by atoms with Gasteiger partial charge in [-0.05, 0) is 11.1 Å². The van der Waals surface area contributed by atoms with E-state index in [-0.39, 0.29) is 0 Å². The molecule has 2 aromatic carbocycles. The highest BCUT2D eigenvalue weighted by Crippen LogP contribution is 2.46. The molecule has 1 saturated carbocycles. The topological polar surface area (TPSA) is 0 Å². The van der Waals surface area contributed by atoms with Gasteiger partial charge in [0.2, 0.25) is 0 Å². The first-order valence-corrected chi connectivity index (χ1v) is 14.8. The summed E-state index contributed by atoms with van der Waals surface area (Å²) in [7, 11) is -3.83. The Morgan fingerprint density at radius 2 is 0.821 bits per heavy atom. The van der Waals surface area contributed by atoms with Crippen molar-refractivity contribution in [2.45, 2.75) is 36.8 Å². The summed E-state index contributed by atoms with van der Waals surface area (Å²) < 4.78 is 0. The van der Waals surface area contributed by atoms with Crippen LogP contribution < -0.4 is 10.4 Å². The fourth-order valence-corrected chi connectivity index (χ4v) is 12.9. The van der Waals surface area contributed by atoms with Crippen molar-refractivity contribution in [3.8, 4) is 0 Å². The molecule has 2 heteroatoms. The molecule has 0 aliphatic heterocycles. The third-order valence-corrected chi connectivity index (χ3v) is 16.2. The quantitative estimate of drug-likeness (QED) is 0.483. The zero-order valence-electron chi connectivity index (χ0n) is 16.9. The van der Waals surface area contributed by atoms with E-state index in [1.165, 1.54) is 36.1 Å². The molecule has 0 radical (unpaired) electrons. The molecule has 1 aliphatic rings. The summed E-state index contributed by atoms with van der Waals surface area (Å²) in [5.41, 5.74) is 10.4. The van der Waals surface area contributed by atoms with Crippen molar-refractivity contribution in [1.82, 2.24) is 0 Å². The second-order valence-corrected chi connectivity index (χ2v) is 16.1. The van der Waals surface area contributed by atoms with Gasteiger partial charge in [-0.3, -0.25) is 0 Å². The van der Waals surface area contributed by atoms with Gasteiger partial charge in [0.25, 0.3) is 0 Å². The zero-order chi connectivity index (χ0) is 20.0. The number of hydrogen-bond acceptors (Lipinski definition) is 0. The summed E-state index contributed by atoms with van der Waals surface area (Å²) in [6, 6.07) is 21.9. The van der Waals surface area contributed by atoms with Gasteiger partial charge < -0.3 is 0 Å². The molecule has 0 bridgehead atoms. The van der Waals surface area contributed by atoms with Crippen LogP contribution in [-0.2, 0) is 0 Å². The Morgan fingerprint density at radius 3 is 1.07 bits per heavy atom. The van der Waals surface area contributed by atoms with E-state index in [2.05, 4.69) is 110 Å². The van der Waals surface area contributed by atoms with Crippen LogP contribution in [0.2, 0.25) is 11.1 Å². The van der Waals surface area contributed by atoms with Crippen molar-refractivity contribution in [3.05, 3.63) is 110 Å². The number of benzene rings is 2. The largest absolute Gasteiger partial charge is 0.135 e. The van der Waals surface area contributed by atoms with E-state index in [1.54, 1.807) is 0 Å². The molecule has 0 spiro atoms. The minimum atomic E-state index is -1.92.